The third-order valence-electron chi connectivity index (χ3n) is 2.93. The lowest BCUT2D eigenvalue weighted by Crippen LogP contribution is -2.38. The minimum atomic E-state index is -4.54. The summed E-state index contributed by atoms with van der Waals surface area (Å²) in [5.41, 5.74) is 0.369. The number of ether oxygens (including phenoxy) is 2. The molecule has 144 valence electrons. The van der Waals surface area contributed by atoms with Crippen LogP contribution < -0.4 is 9.47 Å². The maximum Gasteiger partial charge on any atom is 0.406 e. The number of benzene rings is 1. The van der Waals surface area contributed by atoms with E-state index in [9.17, 15) is 26.7 Å². The van der Waals surface area contributed by atoms with E-state index >= 15 is 0 Å². The average Bonchev–Trinajstić information content (AvgIpc) is 2.53. The van der Waals surface area contributed by atoms with Gasteiger partial charge in [-0.2, -0.15) is 22.0 Å². The fourth-order valence-electron chi connectivity index (χ4n) is 1.97. The molecule has 0 aliphatic heterocycles. The van der Waals surface area contributed by atoms with Crippen molar-refractivity contribution in [2.24, 2.45) is 0 Å². The van der Waals surface area contributed by atoms with E-state index in [2.05, 4.69) is 11.3 Å². The monoisotopic (exact) mass is 379 g/mol. The lowest BCUT2D eigenvalue weighted by atomic mass is 10.2. The Hall–Kier alpha value is -2.58. The number of carbonyl (C=O) groups excluding carboxylic acids is 1. The molecule has 0 N–H and O–H groups in total. The first-order valence-electron chi connectivity index (χ1n) is 7.52. The first-order valence-corrected chi connectivity index (χ1v) is 7.52. The molecule has 0 radical (unpaired) electrons. The molecule has 0 bridgehead atoms. The van der Waals surface area contributed by atoms with Gasteiger partial charge in [-0.3, -0.25) is 4.79 Å². The van der Waals surface area contributed by atoms with Crippen LogP contribution in [-0.4, -0.2) is 43.3 Å². The van der Waals surface area contributed by atoms with E-state index in [0.717, 1.165) is 6.08 Å². The molecule has 0 aliphatic carbocycles. The molecule has 0 fully saturated rings. The molecular weight excluding hydrogens is 361 g/mol. The lowest BCUT2D eigenvalue weighted by molar-refractivity contribution is -0.157. The second kappa shape index (κ2) is 9.79. The number of alkyl halides is 5. The van der Waals surface area contributed by atoms with E-state index < -0.39 is 25.2 Å². The van der Waals surface area contributed by atoms with Crippen LogP contribution >= 0.6 is 0 Å². The highest BCUT2D eigenvalue weighted by molar-refractivity contribution is 5.92. The van der Waals surface area contributed by atoms with Crippen molar-refractivity contribution in [2.75, 3.05) is 19.7 Å². The Balaban J connectivity index is 2.95. The van der Waals surface area contributed by atoms with Gasteiger partial charge in [0.05, 0.1) is 6.61 Å². The van der Waals surface area contributed by atoms with Crippen LogP contribution in [-0.2, 0) is 4.79 Å². The Morgan fingerprint density at radius 2 is 2.00 bits per heavy atom. The summed E-state index contributed by atoms with van der Waals surface area (Å²) in [6, 6.07) is 3.93. The lowest BCUT2D eigenvalue weighted by Gasteiger charge is -2.20. The molecule has 0 aromatic heterocycles. The van der Waals surface area contributed by atoms with Gasteiger partial charge >= 0.3 is 12.8 Å². The highest BCUT2D eigenvalue weighted by Crippen LogP contribution is 2.30. The summed E-state index contributed by atoms with van der Waals surface area (Å²) < 4.78 is 71.7. The standard InChI is InChI=1S/C17H18F5NO3/c1-3-9-23(11-17(20,21)22)15(24)8-6-12-5-7-13(26-16(18)19)14(10-12)25-4-2/h3,5-8,10,16H,1,4,9,11H2,2H3/b8-6+. The van der Waals surface area contributed by atoms with Crippen LogP contribution in [0.25, 0.3) is 6.08 Å². The van der Waals surface area contributed by atoms with Gasteiger partial charge in [0.15, 0.2) is 11.5 Å². The van der Waals surface area contributed by atoms with E-state index in [0.29, 0.717) is 10.5 Å². The summed E-state index contributed by atoms with van der Waals surface area (Å²) in [5, 5.41) is 0. The van der Waals surface area contributed by atoms with Crippen molar-refractivity contribution in [1.29, 1.82) is 0 Å². The van der Waals surface area contributed by atoms with Crippen molar-refractivity contribution in [3.05, 3.63) is 42.5 Å². The molecule has 26 heavy (non-hydrogen) atoms. The normalized spacial score (nSPS) is 11.7. The van der Waals surface area contributed by atoms with Crippen LogP contribution in [0.3, 0.4) is 0 Å². The summed E-state index contributed by atoms with van der Waals surface area (Å²) in [6.45, 7) is 0.432. The molecule has 0 saturated carbocycles. The number of hydrogen-bond donors (Lipinski definition) is 0. The van der Waals surface area contributed by atoms with Gasteiger partial charge in [0.1, 0.15) is 6.54 Å². The Labute approximate surface area is 147 Å². The molecule has 0 spiro atoms. The molecule has 1 amide bonds. The van der Waals surface area contributed by atoms with E-state index in [1.807, 2.05) is 0 Å². The van der Waals surface area contributed by atoms with Gasteiger partial charge in [-0.15, -0.1) is 6.58 Å². The van der Waals surface area contributed by atoms with Crippen molar-refractivity contribution in [1.82, 2.24) is 4.90 Å². The van der Waals surface area contributed by atoms with Crippen molar-refractivity contribution in [3.8, 4) is 11.5 Å². The fourth-order valence-corrected chi connectivity index (χ4v) is 1.97. The largest absolute Gasteiger partial charge is 0.490 e. The molecular formula is C17H18F5NO3. The van der Waals surface area contributed by atoms with Crippen LogP contribution in [0, 0.1) is 0 Å². The number of halogens is 5. The van der Waals surface area contributed by atoms with E-state index in [1.54, 1.807) is 6.92 Å². The summed E-state index contributed by atoms with van der Waals surface area (Å²) >= 11 is 0. The van der Waals surface area contributed by atoms with Crippen molar-refractivity contribution in [3.63, 3.8) is 0 Å². The number of nitrogens with zero attached hydrogens (tertiary/aromatic N) is 1. The maximum absolute atomic E-state index is 12.5. The predicted molar refractivity (Wildman–Crippen MR) is 86.1 cm³/mol. The minimum Gasteiger partial charge on any atom is -0.490 e. The zero-order valence-electron chi connectivity index (χ0n) is 13.9. The zero-order chi connectivity index (χ0) is 19.7. The Morgan fingerprint density at radius 1 is 1.31 bits per heavy atom. The van der Waals surface area contributed by atoms with E-state index in [-0.39, 0.29) is 24.7 Å². The van der Waals surface area contributed by atoms with Crippen molar-refractivity contribution < 1.29 is 36.2 Å². The topological polar surface area (TPSA) is 38.8 Å². The SMILES string of the molecule is C=CCN(CC(F)(F)F)C(=O)/C=C/c1ccc(OC(F)F)c(OCC)c1. The summed E-state index contributed by atoms with van der Waals surface area (Å²) in [5.74, 6) is -1.02. The number of carbonyl (C=O) groups is 1. The van der Waals surface area contributed by atoms with Crippen LogP contribution in [0.2, 0.25) is 0 Å². The van der Waals surface area contributed by atoms with Crippen LogP contribution in [0.4, 0.5) is 22.0 Å². The number of hydrogen-bond acceptors (Lipinski definition) is 3. The molecule has 0 saturated heterocycles. The summed E-state index contributed by atoms with van der Waals surface area (Å²) in [6.07, 6.45) is -1.15. The first kappa shape index (κ1) is 21.5. The zero-order valence-corrected chi connectivity index (χ0v) is 13.9. The molecule has 0 unspecified atom stereocenters. The molecule has 0 heterocycles. The smallest absolute Gasteiger partial charge is 0.406 e. The maximum atomic E-state index is 12.5. The number of rotatable bonds is 9. The highest BCUT2D eigenvalue weighted by atomic mass is 19.4. The van der Waals surface area contributed by atoms with Crippen LogP contribution in [0.15, 0.2) is 36.9 Å². The molecule has 1 rings (SSSR count). The predicted octanol–water partition coefficient (Wildman–Crippen LogP) is 4.28. The average molecular weight is 379 g/mol. The van der Waals surface area contributed by atoms with Gasteiger partial charge < -0.3 is 14.4 Å². The van der Waals surface area contributed by atoms with Gasteiger partial charge in [-0.1, -0.05) is 12.1 Å². The van der Waals surface area contributed by atoms with Crippen molar-refractivity contribution in [2.45, 2.75) is 19.7 Å². The van der Waals surface area contributed by atoms with E-state index in [4.69, 9.17) is 4.74 Å². The molecule has 1 aromatic carbocycles. The molecule has 1 aromatic rings. The van der Waals surface area contributed by atoms with Gasteiger partial charge in [0.2, 0.25) is 5.91 Å². The molecule has 0 aliphatic rings. The van der Waals surface area contributed by atoms with Crippen LogP contribution in [0.5, 0.6) is 11.5 Å². The van der Waals surface area contributed by atoms with Gasteiger partial charge in [0, 0.05) is 12.6 Å². The minimum absolute atomic E-state index is 0.0284. The van der Waals surface area contributed by atoms with Gasteiger partial charge in [-0.05, 0) is 30.7 Å². The summed E-state index contributed by atoms with van der Waals surface area (Å²) in [7, 11) is 0. The molecule has 0 atom stereocenters. The Morgan fingerprint density at radius 3 is 2.54 bits per heavy atom. The van der Waals surface area contributed by atoms with E-state index in [1.165, 1.54) is 30.4 Å². The summed E-state index contributed by atoms with van der Waals surface area (Å²) in [4.78, 5) is 12.5. The quantitative estimate of drug-likeness (QED) is 0.365. The first-order chi connectivity index (χ1) is 12.2. The fraction of sp³-hybridized carbons (Fsp3) is 0.353. The van der Waals surface area contributed by atoms with Crippen LogP contribution in [0.1, 0.15) is 12.5 Å². The highest BCUT2D eigenvalue weighted by Gasteiger charge is 2.31. The number of amides is 1. The third-order valence-corrected chi connectivity index (χ3v) is 2.93. The Bertz CT molecular complexity index is 644. The van der Waals surface area contributed by atoms with Gasteiger partial charge in [0.25, 0.3) is 0 Å². The third kappa shape index (κ3) is 7.54. The second-order valence-corrected chi connectivity index (χ2v) is 4.97. The molecule has 4 nitrogen and oxygen atoms in total. The van der Waals surface area contributed by atoms with Gasteiger partial charge in [-0.25, -0.2) is 0 Å². The Kier molecular flexibility index (Phi) is 8.08. The molecule has 9 heteroatoms. The second-order valence-electron chi connectivity index (χ2n) is 4.97. The van der Waals surface area contributed by atoms with Crippen molar-refractivity contribution >= 4 is 12.0 Å².